The van der Waals surface area contributed by atoms with Crippen molar-refractivity contribution < 1.29 is 9.59 Å². The average molecular weight is 553 g/mol. The summed E-state index contributed by atoms with van der Waals surface area (Å²) in [6.07, 6.45) is 0. The third-order valence-electron chi connectivity index (χ3n) is 5.58. The molecule has 1 aliphatic heterocycles. The highest BCUT2D eigenvalue weighted by Gasteiger charge is 2.21. The second-order valence-electron chi connectivity index (χ2n) is 8.13. The number of benzene rings is 2. The number of likely N-dealkylation sites (N-methyl/N-ethyl adjacent to an activating group) is 1. The largest absolute Gasteiger partial charge is 0.322 e. The molecule has 2 aromatic carbocycles. The Morgan fingerprint density at radius 3 is 2.31 bits per heavy atom. The van der Waals surface area contributed by atoms with Crippen LogP contribution in [0, 0.1) is 0 Å². The van der Waals surface area contributed by atoms with Crippen molar-refractivity contribution in [3.05, 3.63) is 78.9 Å². The number of hydrogen-bond donors (Lipinski definition) is 3. The van der Waals surface area contributed by atoms with Crippen LogP contribution in [0.3, 0.4) is 0 Å². The molecule has 1 saturated heterocycles. The fraction of sp³-hybridized carbons (Fsp3) is 0.250. The molecule has 4 rings (SSSR count). The smallest absolute Gasteiger partial charge is 0.267 e. The van der Waals surface area contributed by atoms with E-state index in [9.17, 15) is 9.59 Å². The van der Waals surface area contributed by atoms with Crippen LogP contribution in [0.4, 0.5) is 11.4 Å². The summed E-state index contributed by atoms with van der Waals surface area (Å²) in [6, 6.07) is 11.4. The number of halogens is 3. The number of nitrogens with zero attached hydrogens (tertiary/aromatic N) is 2. The number of nitrogens with one attached hydrogen (secondary N) is 3. The Labute approximate surface area is 222 Å². The van der Waals surface area contributed by atoms with Gasteiger partial charge < -0.3 is 15.5 Å². The average Bonchev–Trinajstić information content (AvgIpc) is 3.21. The van der Waals surface area contributed by atoms with E-state index in [0.29, 0.717) is 37.9 Å². The predicted octanol–water partition coefficient (Wildman–Crippen LogP) is 5.46. The summed E-state index contributed by atoms with van der Waals surface area (Å²) in [7, 11) is 2.10. The Kier molecular flexibility index (Phi) is 8.67. The fourth-order valence-electron chi connectivity index (χ4n) is 3.54. The van der Waals surface area contributed by atoms with Crippen LogP contribution in [0.5, 0.6) is 0 Å². The van der Waals surface area contributed by atoms with Crippen LogP contribution in [-0.4, -0.2) is 54.9 Å². The molecule has 11 heteroatoms. The van der Waals surface area contributed by atoms with Crippen molar-refractivity contribution in [2.24, 2.45) is 0 Å². The van der Waals surface area contributed by atoms with E-state index in [-0.39, 0.29) is 5.56 Å². The van der Waals surface area contributed by atoms with E-state index in [0.717, 1.165) is 31.7 Å². The van der Waals surface area contributed by atoms with E-state index >= 15 is 0 Å². The second kappa shape index (κ2) is 11.7. The van der Waals surface area contributed by atoms with Crippen LogP contribution < -0.4 is 16.1 Å². The number of anilines is 2. The van der Waals surface area contributed by atoms with Crippen molar-refractivity contribution in [1.29, 1.82) is 0 Å². The van der Waals surface area contributed by atoms with Crippen LogP contribution in [0.1, 0.15) is 25.6 Å². The molecule has 0 atom stereocenters. The maximum Gasteiger partial charge on any atom is 0.267 e. The van der Waals surface area contributed by atoms with Gasteiger partial charge in [0, 0.05) is 48.5 Å². The standard InChI is InChI=1S/C24H24Cl3N5O2S/c1-31-8-10-32(11-9-31)28-13-15-14-35-22(21(15)27)24(34)30-20-7-4-17(26)12-19(20)23(33)29-18-5-2-16(25)3-6-18/h2-7,12,14,28H,8-11,13H2,1H3,(H,29,33)(H,30,34). The van der Waals surface area contributed by atoms with Crippen molar-refractivity contribution in [1.82, 2.24) is 15.3 Å². The maximum atomic E-state index is 13.0. The van der Waals surface area contributed by atoms with Crippen molar-refractivity contribution in [3.8, 4) is 0 Å². The second-order valence-corrected chi connectivity index (χ2v) is 10.3. The van der Waals surface area contributed by atoms with E-state index < -0.39 is 11.8 Å². The van der Waals surface area contributed by atoms with Crippen LogP contribution in [0.15, 0.2) is 47.8 Å². The number of amides is 2. The normalized spacial score (nSPS) is 14.6. The molecular formula is C24H24Cl3N5O2S. The summed E-state index contributed by atoms with van der Waals surface area (Å²) in [5.41, 5.74) is 5.34. The minimum Gasteiger partial charge on any atom is -0.322 e. The molecule has 1 fully saturated rings. The molecule has 0 radical (unpaired) electrons. The number of carbonyl (C=O) groups excluding carboxylic acids is 2. The Hall–Kier alpha value is -2.17. The molecule has 184 valence electrons. The number of thiophene rings is 1. The van der Waals surface area contributed by atoms with Gasteiger partial charge in [-0.2, -0.15) is 0 Å². The molecule has 0 bridgehead atoms. The number of rotatable bonds is 7. The lowest BCUT2D eigenvalue weighted by atomic mass is 10.1. The highest BCUT2D eigenvalue weighted by atomic mass is 35.5. The van der Waals surface area contributed by atoms with E-state index in [1.165, 1.54) is 17.4 Å². The van der Waals surface area contributed by atoms with Crippen molar-refractivity contribution in [2.75, 3.05) is 43.9 Å². The van der Waals surface area contributed by atoms with Crippen LogP contribution >= 0.6 is 46.1 Å². The monoisotopic (exact) mass is 551 g/mol. The van der Waals surface area contributed by atoms with E-state index in [4.69, 9.17) is 34.8 Å². The van der Waals surface area contributed by atoms with Crippen molar-refractivity contribution in [2.45, 2.75) is 6.54 Å². The number of hydrogen-bond acceptors (Lipinski definition) is 6. The predicted molar refractivity (Wildman–Crippen MR) is 144 cm³/mol. The zero-order chi connectivity index (χ0) is 24.9. The first-order chi connectivity index (χ1) is 16.8. The van der Waals surface area contributed by atoms with Gasteiger partial charge in [-0.05, 0) is 60.5 Å². The highest BCUT2D eigenvalue weighted by molar-refractivity contribution is 7.13. The first-order valence-electron chi connectivity index (χ1n) is 10.9. The van der Waals surface area contributed by atoms with E-state index in [1.807, 2.05) is 5.38 Å². The van der Waals surface area contributed by atoms with Gasteiger partial charge in [0.2, 0.25) is 0 Å². The lowest BCUT2D eigenvalue weighted by molar-refractivity contribution is 0.102. The first kappa shape index (κ1) is 25.9. The van der Waals surface area contributed by atoms with Crippen molar-refractivity contribution in [3.63, 3.8) is 0 Å². The lowest BCUT2D eigenvalue weighted by Gasteiger charge is -2.32. The Morgan fingerprint density at radius 2 is 1.60 bits per heavy atom. The molecule has 0 aliphatic carbocycles. The van der Waals surface area contributed by atoms with Gasteiger partial charge in [0.15, 0.2) is 0 Å². The Balaban J connectivity index is 1.44. The Morgan fingerprint density at radius 1 is 0.914 bits per heavy atom. The molecule has 0 spiro atoms. The van der Waals surface area contributed by atoms with Gasteiger partial charge in [-0.1, -0.05) is 34.8 Å². The minimum atomic E-state index is -0.417. The summed E-state index contributed by atoms with van der Waals surface area (Å²) >= 11 is 19.8. The SMILES string of the molecule is CN1CCN(NCc2csc(C(=O)Nc3ccc(Cl)cc3C(=O)Nc3ccc(Cl)cc3)c2Cl)CC1. The molecule has 3 aromatic rings. The maximum absolute atomic E-state index is 13.0. The van der Waals surface area contributed by atoms with Gasteiger partial charge in [-0.25, -0.2) is 5.01 Å². The third-order valence-corrected chi connectivity index (χ3v) is 7.64. The molecule has 2 amide bonds. The van der Waals surface area contributed by atoms with E-state index in [2.05, 4.69) is 33.0 Å². The van der Waals surface area contributed by atoms with Crippen molar-refractivity contribution >= 4 is 69.3 Å². The zero-order valence-electron chi connectivity index (χ0n) is 18.9. The number of piperazine rings is 1. The topological polar surface area (TPSA) is 76.7 Å². The number of hydrazine groups is 1. The molecule has 7 nitrogen and oxygen atoms in total. The van der Waals surface area contributed by atoms with Gasteiger partial charge in [0.1, 0.15) is 4.88 Å². The van der Waals surface area contributed by atoms with Gasteiger partial charge in [0.25, 0.3) is 11.8 Å². The molecular weight excluding hydrogens is 529 g/mol. The molecule has 0 unspecified atom stereocenters. The highest BCUT2D eigenvalue weighted by Crippen LogP contribution is 2.30. The lowest BCUT2D eigenvalue weighted by Crippen LogP contribution is -2.50. The molecule has 1 aromatic heterocycles. The molecule has 1 aliphatic rings. The third kappa shape index (κ3) is 6.74. The quantitative estimate of drug-likeness (QED) is 0.363. The minimum absolute atomic E-state index is 0.227. The molecule has 0 saturated carbocycles. The van der Waals surface area contributed by atoms with Gasteiger partial charge in [-0.15, -0.1) is 11.3 Å². The van der Waals surface area contributed by atoms with Crippen LogP contribution in [0.25, 0.3) is 0 Å². The zero-order valence-corrected chi connectivity index (χ0v) is 22.0. The number of carbonyl (C=O) groups is 2. The summed E-state index contributed by atoms with van der Waals surface area (Å²) < 4.78 is 0. The summed E-state index contributed by atoms with van der Waals surface area (Å²) in [6.45, 7) is 4.36. The molecule has 3 N–H and O–H groups in total. The Bertz CT molecular complexity index is 1210. The van der Waals surface area contributed by atoms with Crippen LogP contribution in [0.2, 0.25) is 15.1 Å². The van der Waals surface area contributed by atoms with E-state index in [1.54, 1.807) is 36.4 Å². The van der Waals surface area contributed by atoms with Gasteiger partial charge >= 0.3 is 0 Å². The fourth-order valence-corrected chi connectivity index (χ4v) is 5.09. The molecule has 35 heavy (non-hydrogen) atoms. The summed E-state index contributed by atoms with van der Waals surface area (Å²) in [5.74, 6) is -0.812. The first-order valence-corrected chi connectivity index (χ1v) is 12.9. The molecule has 2 heterocycles. The summed E-state index contributed by atoms with van der Waals surface area (Å²) in [4.78, 5) is 28.6. The van der Waals surface area contributed by atoms with Gasteiger partial charge in [-0.3, -0.25) is 15.0 Å². The summed E-state index contributed by atoms with van der Waals surface area (Å²) in [5, 5.41) is 11.0. The van der Waals surface area contributed by atoms with Crippen LogP contribution in [-0.2, 0) is 6.54 Å². The van der Waals surface area contributed by atoms with Gasteiger partial charge in [0.05, 0.1) is 16.3 Å².